The number of carboxylic acid groups (broad SMARTS) is 1. The molecule has 0 saturated carbocycles. The SMILES string of the molecule is O=C(O)CCOC1CCN(c2nccn3nccc23)CC1. The molecular weight excluding hydrogens is 272 g/mol. The smallest absolute Gasteiger partial charge is 0.305 e. The van der Waals surface area contributed by atoms with E-state index in [-0.39, 0.29) is 19.1 Å². The van der Waals surface area contributed by atoms with Gasteiger partial charge in [-0.05, 0) is 18.9 Å². The van der Waals surface area contributed by atoms with E-state index in [2.05, 4.69) is 15.0 Å². The molecule has 3 rings (SSSR count). The second kappa shape index (κ2) is 6.09. The first-order valence-electron chi connectivity index (χ1n) is 7.11. The van der Waals surface area contributed by atoms with E-state index in [4.69, 9.17) is 9.84 Å². The van der Waals surface area contributed by atoms with Crippen LogP contribution in [0.4, 0.5) is 5.82 Å². The van der Waals surface area contributed by atoms with Gasteiger partial charge < -0.3 is 14.7 Å². The topological polar surface area (TPSA) is 80.0 Å². The number of hydrogen-bond donors (Lipinski definition) is 1. The van der Waals surface area contributed by atoms with Gasteiger partial charge in [0.2, 0.25) is 0 Å². The van der Waals surface area contributed by atoms with Crippen molar-refractivity contribution in [3.63, 3.8) is 0 Å². The van der Waals surface area contributed by atoms with Crippen molar-refractivity contribution in [2.75, 3.05) is 24.6 Å². The molecule has 112 valence electrons. The number of carbonyl (C=O) groups is 1. The Labute approximate surface area is 122 Å². The molecule has 2 aromatic heterocycles. The number of piperidine rings is 1. The Morgan fingerprint density at radius 3 is 2.95 bits per heavy atom. The molecule has 1 N–H and O–H groups in total. The quantitative estimate of drug-likeness (QED) is 0.891. The van der Waals surface area contributed by atoms with Crippen LogP contribution in [-0.2, 0) is 9.53 Å². The molecule has 1 aliphatic rings. The standard InChI is InChI=1S/C14H18N4O3/c19-13(20)4-10-21-11-2-7-17(8-3-11)14-12-1-5-16-18(12)9-6-15-14/h1,5-6,9,11H,2-4,7-8,10H2,(H,19,20). The average molecular weight is 290 g/mol. The summed E-state index contributed by atoms with van der Waals surface area (Å²) in [4.78, 5) is 17.2. The highest BCUT2D eigenvalue weighted by molar-refractivity contribution is 5.68. The van der Waals surface area contributed by atoms with Gasteiger partial charge in [0.15, 0.2) is 5.82 Å². The predicted octanol–water partition coefficient (Wildman–Crippen LogP) is 1.19. The van der Waals surface area contributed by atoms with Gasteiger partial charge in [-0.25, -0.2) is 9.50 Å². The lowest BCUT2D eigenvalue weighted by atomic mass is 10.1. The Kier molecular flexibility index (Phi) is 4.01. The molecule has 0 amide bonds. The van der Waals surface area contributed by atoms with Crippen LogP contribution in [0.25, 0.3) is 5.52 Å². The zero-order valence-corrected chi connectivity index (χ0v) is 11.7. The highest BCUT2D eigenvalue weighted by atomic mass is 16.5. The first kappa shape index (κ1) is 13.8. The third-order valence-corrected chi connectivity index (χ3v) is 3.72. The van der Waals surface area contributed by atoms with Crippen LogP contribution in [0, 0.1) is 0 Å². The molecule has 7 nitrogen and oxygen atoms in total. The van der Waals surface area contributed by atoms with Crippen molar-refractivity contribution < 1.29 is 14.6 Å². The van der Waals surface area contributed by atoms with Crippen LogP contribution in [0.5, 0.6) is 0 Å². The molecule has 2 aromatic rings. The van der Waals surface area contributed by atoms with Gasteiger partial charge in [-0.1, -0.05) is 0 Å². The molecule has 7 heteroatoms. The molecule has 3 heterocycles. The van der Waals surface area contributed by atoms with Crippen LogP contribution in [0.2, 0.25) is 0 Å². The summed E-state index contributed by atoms with van der Waals surface area (Å²) in [6.07, 6.45) is 7.34. The number of ether oxygens (including phenoxy) is 1. The average Bonchev–Trinajstić information content (AvgIpc) is 2.96. The minimum absolute atomic E-state index is 0.0664. The van der Waals surface area contributed by atoms with E-state index in [1.54, 1.807) is 12.4 Å². The highest BCUT2D eigenvalue weighted by Gasteiger charge is 2.22. The normalized spacial score (nSPS) is 16.5. The maximum Gasteiger partial charge on any atom is 0.305 e. The van der Waals surface area contributed by atoms with Crippen molar-refractivity contribution in [1.29, 1.82) is 0 Å². The number of aromatic nitrogens is 3. The molecule has 21 heavy (non-hydrogen) atoms. The van der Waals surface area contributed by atoms with Crippen LogP contribution in [0.1, 0.15) is 19.3 Å². The van der Waals surface area contributed by atoms with Gasteiger partial charge >= 0.3 is 5.97 Å². The monoisotopic (exact) mass is 290 g/mol. The van der Waals surface area contributed by atoms with Crippen molar-refractivity contribution in [2.24, 2.45) is 0 Å². The number of rotatable bonds is 5. The highest BCUT2D eigenvalue weighted by Crippen LogP contribution is 2.23. The molecule has 0 atom stereocenters. The van der Waals surface area contributed by atoms with Gasteiger partial charge in [-0.2, -0.15) is 5.10 Å². The number of fused-ring (bicyclic) bond motifs is 1. The summed E-state index contributed by atoms with van der Waals surface area (Å²) in [7, 11) is 0. The van der Waals surface area contributed by atoms with E-state index in [9.17, 15) is 4.79 Å². The molecule has 1 fully saturated rings. The summed E-state index contributed by atoms with van der Waals surface area (Å²) in [5, 5.41) is 12.8. The van der Waals surface area contributed by atoms with E-state index in [0.717, 1.165) is 37.3 Å². The van der Waals surface area contributed by atoms with E-state index < -0.39 is 5.97 Å². The summed E-state index contributed by atoms with van der Waals surface area (Å²) in [5.41, 5.74) is 1.00. The fourth-order valence-corrected chi connectivity index (χ4v) is 2.63. The van der Waals surface area contributed by atoms with Crippen LogP contribution < -0.4 is 4.90 Å². The summed E-state index contributed by atoms with van der Waals surface area (Å²) in [6.45, 7) is 2.00. The molecule has 0 spiro atoms. The first-order valence-corrected chi connectivity index (χ1v) is 7.11. The van der Waals surface area contributed by atoms with Crippen molar-refractivity contribution in [3.8, 4) is 0 Å². The number of aliphatic carboxylic acids is 1. The maximum absolute atomic E-state index is 10.5. The van der Waals surface area contributed by atoms with Crippen molar-refractivity contribution in [3.05, 3.63) is 24.7 Å². The Balaban J connectivity index is 1.58. The maximum atomic E-state index is 10.5. The first-order chi connectivity index (χ1) is 10.2. The fraction of sp³-hybridized carbons (Fsp3) is 0.500. The van der Waals surface area contributed by atoms with Crippen molar-refractivity contribution >= 4 is 17.3 Å². The minimum atomic E-state index is -0.816. The molecule has 0 aliphatic carbocycles. The number of anilines is 1. The van der Waals surface area contributed by atoms with E-state index in [1.165, 1.54) is 0 Å². The minimum Gasteiger partial charge on any atom is -0.481 e. The summed E-state index contributed by atoms with van der Waals surface area (Å²) >= 11 is 0. The van der Waals surface area contributed by atoms with Gasteiger partial charge in [0.05, 0.1) is 25.3 Å². The number of hydrogen-bond acceptors (Lipinski definition) is 5. The van der Waals surface area contributed by atoms with Gasteiger partial charge in [0, 0.05) is 25.5 Å². The molecule has 1 aliphatic heterocycles. The van der Waals surface area contributed by atoms with E-state index in [1.807, 2.05) is 16.8 Å². The van der Waals surface area contributed by atoms with Crippen LogP contribution in [-0.4, -0.2) is 51.5 Å². The summed E-state index contributed by atoms with van der Waals surface area (Å²) in [5.74, 6) is 0.128. The van der Waals surface area contributed by atoms with Gasteiger partial charge in [-0.3, -0.25) is 4.79 Å². The Morgan fingerprint density at radius 1 is 1.38 bits per heavy atom. The lowest BCUT2D eigenvalue weighted by Crippen LogP contribution is -2.38. The van der Waals surface area contributed by atoms with Crippen LogP contribution >= 0.6 is 0 Å². The second-order valence-corrected chi connectivity index (χ2v) is 5.11. The zero-order chi connectivity index (χ0) is 14.7. The molecule has 0 radical (unpaired) electrons. The van der Waals surface area contributed by atoms with Gasteiger partial charge in [0.1, 0.15) is 5.52 Å². The number of carboxylic acids is 1. The molecular formula is C14H18N4O3. The zero-order valence-electron chi connectivity index (χ0n) is 11.7. The molecule has 0 unspecified atom stereocenters. The van der Waals surface area contributed by atoms with E-state index in [0.29, 0.717) is 0 Å². The van der Waals surface area contributed by atoms with Gasteiger partial charge in [-0.15, -0.1) is 0 Å². The van der Waals surface area contributed by atoms with Crippen LogP contribution in [0.3, 0.4) is 0 Å². The number of nitrogens with zero attached hydrogens (tertiary/aromatic N) is 4. The van der Waals surface area contributed by atoms with Gasteiger partial charge in [0.25, 0.3) is 0 Å². The second-order valence-electron chi connectivity index (χ2n) is 5.11. The molecule has 0 aromatic carbocycles. The van der Waals surface area contributed by atoms with E-state index >= 15 is 0 Å². The lowest BCUT2D eigenvalue weighted by Gasteiger charge is -2.32. The Morgan fingerprint density at radius 2 is 2.19 bits per heavy atom. The van der Waals surface area contributed by atoms with Crippen LogP contribution in [0.15, 0.2) is 24.7 Å². The Bertz CT molecular complexity index is 619. The van der Waals surface area contributed by atoms with Crippen molar-refractivity contribution in [2.45, 2.75) is 25.4 Å². The third kappa shape index (κ3) is 3.13. The summed E-state index contributed by atoms with van der Waals surface area (Å²) < 4.78 is 7.42. The third-order valence-electron chi connectivity index (χ3n) is 3.72. The van der Waals surface area contributed by atoms with Crippen molar-refractivity contribution in [1.82, 2.24) is 14.6 Å². The predicted molar refractivity (Wildman–Crippen MR) is 76.4 cm³/mol. The molecule has 1 saturated heterocycles. The Hall–Kier alpha value is -2.15. The fourth-order valence-electron chi connectivity index (χ4n) is 2.63. The lowest BCUT2D eigenvalue weighted by molar-refractivity contribution is -0.138. The summed E-state index contributed by atoms with van der Waals surface area (Å²) in [6, 6.07) is 1.96. The largest absolute Gasteiger partial charge is 0.481 e. The molecule has 0 bridgehead atoms.